The summed E-state index contributed by atoms with van der Waals surface area (Å²) < 4.78 is 5.35. The topological polar surface area (TPSA) is 79.0 Å². The predicted molar refractivity (Wildman–Crippen MR) is 214 cm³/mol. The van der Waals surface area contributed by atoms with Gasteiger partial charge in [-0.15, -0.1) is 20.5 Å². The highest BCUT2D eigenvalue weighted by Gasteiger charge is 2.25. The second-order valence-electron chi connectivity index (χ2n) is 13.9. The molecule has 0 spiro atoms. The van der Waals surface area contributed by atoms with E-state index in [9.17, 15) is 4.79 Å². The van der Waals surface area contributed by atoms with E-state index in [2.05, 4.69) is 93.8 Å². The number of hydrogen-bond donors (Lipinski definition) is 0. The van der Waals surface area contributed by atoms with Crippen molar-refractivity contribution in [3.8, 4) is 0 Å². The molecule has 0 radical (unpaired) electrons. The Hall–Kier alpha value is -3.10. The highest BCUT2D eigenvalue weighted by atomic mass is 35.5. The van der Waals surface area contributed by atoms with Crippen LogP contribution in [-0.4, -0.2) is 25.7 Å². The van der Waals surface area contributed by atoms with Gasteiger partial charge >= 0.3 is 5.97 Å². The van der Waals surface area contributed by atoms with Crippen LogP contribution in [-0.2, 0) is 4.74 Å². The maximum Gasteiger partial charge on any atom is 0.342 e. The van der Waals surface area contributed by atoms with E-state index in [1.54, 1.807) is 6.92 Å². The molecule has 0 amide bonds. The van der Waals surface area contributed by atoms with Gasteiger partial charge in [0.1, 0.15) is 5.56 Å². The molecule has 2 unspecified atom stereocenters. The van der Waals surface area contributed by atoms with Crippen molar-refractivity contribution >= 4 is 56.0 Å². The largest absolute Gasteiger partial charge is 0.462 e. The zero-order valence-corrected chi connectivity index (χ0v) is 33.5. The third kappa shape index (κ3) is 12.0. The van der Waals surface area contributed by atoms with Crippen LogP contribution in [0.4, 0.5) is 27.1 Å². The summed E-state index contributed by atoms with van der Waals surface area (Å²) in [5.74, 6) is 1.42. The molecule has 274 valence electrons. The molecule has 2 atom stereocenters. The van der Waals surface area contributed by atoms with Gasteiger partial charge in [0.2, 0.25) is 0 Å². The smallest absolute Gasteiger partial charge is 0.342 e. The van der Waals surface area contributed by atoms with Crippen molar-refractivity contribution in [1.82, 2.24) is 0 Å². The van der Waals surface area contributed by atoms with Crippen molar-refractivity contribution in [3.05, 3.63) is 64.2 Å². The third-order valence-electron chi connectivity index (χ3n) is 9.40. The van der Waals surface area contributed by atoms with E-state index in [4.69, 9.17) is 21.5 Å². The fraction of sp³-hybridized carbons (Fsp3) is 0.585. The van der Waals surface area contributed by atoms with Crippen LogP contribution in [0.25, 0.3) is 0 Å². The third-order valence-corrected chi connectivity index (χ3v) is 10.8. The van der Waals surface area contributed by atoms with E-state index in [-0.39, 0.29) is 23.1 Å². The number of nitrogens with zero attached hydrogens (tertiary/aromatic N) is 5. The van der Waals surface area contributed by atoms with Gasteiger partial charge in [0.05, 0.1) is 23.0 Å². The quantitative estimate of drug-likeness (QED) is 0.0811. The first-order chi connectivity index (χ1) is 24.1. The first-order valence-electron chi connectivity index (χ1n) is 18.9. The molecule has 1 aromatic heterocycles. The lowest BCUT2D eigenvalue weighted by Gasteiger charge is -2.33. The number of benzene rings is 2. The van der Waals surface area contributed by atoms with Crippen LogP contribution in [0.2, 0.25) is 5.02 Å². The van der Waals surface area contributed by atoms with Crippen LogP contribution in [0, 0.1) is 11.8 Å². The standard InChI is InChI=1S/C41H60ClN5O2S/c1-10-15-17-30(12-3)26-47(27-31(13-4)18-16-11-2)34-23-24-36(35(25-34)29(8)9)44-45-39-37(41(48)49-14-5)38(42)40(50-39)46-43-33-21-19-32(20-22-33)28(6)7/h19-25,28-31H,10-18,26-27H2,1-9H3. The first kappa shape index (κ1) is 41.3. The maximum absolute atomic E-state index is 13.1. The van der Waals surface area contributed by atoms with E-state index in [0.29, 0.717) is 33.4 Å². The van der Waals surface area contributed by atoms with Crippen molar-refractivity contribution in [3.63, 3.8) is 0 Å². The zero-order chi connectivity index (χ0) is 36.6. The summed E-state index contributed by atoms with van der Waals surface area (Å²) in [6, 6.07) is 14.5. The number of rotatable bonds is 21. The molecule has 0 bridgehead atoms. The summed E-state index contributed by atoms with van der Waals surface area (Å²) in [5.41, 5.74) is 5.21. The Kier molecular flexibility index (Phi) is 17.6. The minimum Gasteiger partial charge on any atom is -0.462 e. The van der Waals surface area contributed by atoms with E-state index in [1.807, 2.05) is 24.3 Å². The minimum atomic E-state index is -0.553. The van der Waals surface area contributed by atoms with Crippen molar-refractivity contribution in [2.75, 3.05) is 24.6 Å². The Morgan fingerprint density at radius 2 is 1.38 bits per heavy atom. The molecule has 7 nitrogen and oxygen atoms in total. The van der Waals surface area contributed by atoms with Crippen molar-refractivity contribution in [1.29, 1.82) is 0 Å². The van der Waals surface area contributed by atoms with Gasteiger partial charge in [-0.1, -0.05) is 129 Å². The molecular formula is C41H60ClN5O2S. The Morgan fingerprint density at radius 3 is 1.90 bits per heavy atom. The van der Waals surface area contributed by atoms with Crippen LogP contribution in [0.5, 0.6) is 0 Å². The van der Waals surface area contributed by atoms with E-state index < -0.39 is 5.97 Å². The maximum atomic E-state index is 13.1. The molecule has 3 rings (SSSR count). The molecule has 1 heterocycles. The number of unbranched alkanes of at least 4 members (excludes halogenated alkanes) is 2. The summed E-state index contributed by atoms with van der Waals surface area (Å²) in [6.45, 7) is 22.0. The second-order valence-corrected chi connectivity index (χ2v) is 15.3. The highest BCUT2D eigenvalue weighted by Crippen LogP contribution is 2.46. The van der Waals surface area contributed by atoms with Crippen molar-refractivity contribution in [2.24, 2.45) is 32.3 Å². The van der Waals surface area contributed by atoms with Gasteiger partial charge in [-0.25, -0.2) is 4.79 Å². The summed E-state index contributed by atoms with van der Waals surface area (Å²) in [6.07, 6.45) is 9.88. The lowest BCUT2D eigenvalue weighted by molar-refractivity contribution is 0.0528. The number of carbonyl (C=O) groups excluding carboxylic acids is 1. The number of anilines is 1. The van der Waals surface area contributed by atoms with Crippen LogP contribution in [0.1, 0.15) is 147 Å². The number of thiophene rings is 1. The Morgan fingerprint density at radius 1 is 0.780 bits per heavy atom. The number of halogens is 1. The summed E-state index contributed by atoms with van der Waals surface area (Å²) in [5, 5.41) is 19.0. The van der Waals surface area contributed by atoms with E-state index in [0.717, 1.165) is 24.3 Å². The molecular weight excluding hydrogens is 662 g/mol. The monoisotopic (exact) mass is 721 g/mol. The van der Waals surface area contributed by atoms with Crippen LogP contribution < -0.4 is 4.90 Å². The molecule has 3 aromatic rings. The molecule has 9 heteroatoms. The summed E-state index contributed by atoms with van der Waals surface area (Å²) >= 11 is 7.91. The van der Waals surface area contributed by atoms with E-state index in [1.165, 1.54) is 74.0 Å². The number of esters is 1. The van der Waals surface area contributed by atoms with Gasteiger partial charge in [0, 0.05) is 18.8 Å². The normalized spacial score (nSPS) is 13.2. The lowest BCUT2D eigenvalue weighted by atomic mass is 9.94. The average Bonchev–Trinajstić information content (AvgIpc) is 3.43. The molecule has 50 heavy (non-hydrogen) atoms. The Balaban J connectivity index is 2.00. The van der Waals surface area contributed by atoms with Crippen LogP contribution in [0.15, 0.2) is 62.9 Å². The van der Waals surface area contributed by atoms with Crippen LogP contribution >= 0.6 is 22.9 Å². The Bertz CT molecular complexity index is 1510. The van der Waals surface area contributed by atoms with Crippen molar-refractivity contribution < 1.29 is 9.53 Å². The molecule has 0 aliphatic rings. The molecule has 0 aliphatic carbocycles. The van der Waals surface area contributed by atoms with Crippen molar-refractivity contribution in [2.45, 2.75) is 126 Å². The molecule has 2 aromatic carbocycles. The predicted octanol–water partition coefficient (Wildman–Crippen LogP) is 14.9. The summed E-state index contributed by atoms with van der Waals surface area (Å²) in [7, 11) is 0. The first-order valence-corrected chi connectivity index (χ1v) is 20.1. The number of azo groups is 2. The Labute approximate surface area is 311 Å². The van der Waals surface area contributed by atoms with Gasteiger partial charge in [-0.3, -0.25) is 0 Å². The number of hydrogen-bond acceptors (Lipinski definition) is 8. The number of ether oxygens (including phenoxy) is 1. The lowest BCUT2D eigenvalue weighted by Crippen LogP contribution is -2.34. The minimum absolute atomic E-state index is 0.163. The fourth-order valence-electron chi connectivity index (χ4n) is 6.07. The van der Waals surface area contributed by atoms with Crippen LogP contribution in [0.3, 0.4) is 0 Å². The summed E-state index contributed by atoms with van der Waals surface area (Å²) in [4.78, 5) is 15.7. The fourth-order valence-corrected chi connectivity index (χ4v) is 7.27. The van der Waals surface area contributed by atoms with Gasteiger partial charge in [-0.05, 0) is 84.9 Å². The zero-order valence-electron chi connectivity index (χ0n) is 32.0. The SMILES string of the molecule is CCCCC(CC)CN(CC(CC)CCCC)c1ccc(N=Nc2sc(N=Nc3ccc(C(C)C)cc3)c(Cl)c2C(=O)OCC)c(C(C)C)c1. The molecule has 0 aliphatic heterocycles. The van der Waals surface area contributed by atoms with Gasteiger partial charge in [0.15, 0.2) is 10.0 Å². The van der Waals surface area contributed by atoms with Gasteiger partial charge in [-0.2, -0.15) is 0 Å². The van der Waals surface area contributed by atoms with Gasteiger partial charge in [0.25, 0.3) is 0 Å². The number of carbonyl (C=O) groups is 1. The molecule has 0 N–H and O–H groups in total. The average molecular weight is 722 g/mol. The highest BCUT2D eigenvalue weighted by molar-refractivity contribution is 7.20. The molecule has 0 saturated carbocycles. The molecule has 0 saturated heterocycles. The second kappa shape index (κ2) is 21.3. The molecule has 0 fully saturated rings. The van der Waals surface area contributed by atoms with E-state index >= 15 is 0 Å². The van der Waals surface area contributed by atoms with Gasteiger partial charge < -0.3 is 9.64 Å².